The van der Waals surface area contributed by atoms with E-state index in [0.29, 0.717) is 5.92 Å². The number of benzene rings is 1. The molecule has 0 heterocycles. The molecule has 0 spiro atoms. The highest BCUT2D eigenvalue weighted by molar-refractivity contribution is 9.10. The van der Waals surface area contributed by atoms with Crippen LogP contribution in [-0.4, -0.2) is 0 Å². The van der Waals surface area contributed by atoms with Gasteiger partial charge in [0.2, 0.25) is 0 Å². The zero-order chi connectivity index (χ0) is 10.7. The van der Waals surface area contributed by atoms with Crippen molar-refractivity contribution in [1.29, 1.82) is 0 Å². The van der Waals surface area contributed by atoms with Crippen LogP contribution in [0.2, 0.25) is 0 Å². The Morgan fingerprint density at radius 2 is 1.93 bits per heavy atom. The summed E-state index contributed by atoms with van der Waals surface area (Å²) in [5.41, 5.74) is 8.68. The van der Waals surface area contributed by atoms with Crippen LogP contribution in [0.25, 0.3) is 0 Å². The molecule has 0 amide bonds. The molecule has 0 saturated heterocycles. The second-order valence-electron chi connectivity index (χ2n) is 4.24. The van der Waals surface area contributed by atoms with E-state index >= 15 is 0 Å². The van der Waals surface area contributed by atoms with Gasteiger partial charge in [-0.05, 0) is 42.5 Å². The predicted octanol–water partition coefficient (Wildman–Crippen LogP) is 4.23. The molecule has 1 nitrogen and oxygen atoms in total. The van der Waals surface area contributed by atoms with Gasteiger partial charge in [-0.3, -0.25) is 0 Å². The van der Waals surface area contributed by atoms with Gasteiger partial charge in [0.15, 0.2) is 0 Å². The van der Waals surface area contributed by atoms with Crippen LogP contribution in [-0.2, 0) is 0 Å². The summed E-state index contributed by atoms with van der Waals surface area (Å²) in [6, 6.07) is 6.45. The smallest absolute Gasteiger partial charge is 0.0300 e. The van der Waals surface area contributed by atoms with Gasteiger partial charge in [0.25, 0.3) is 0 Å². The minimum absolute atomic E-state index is 0. The van der Waals surface area contributed by atoms with E-state index in [0.717, 1.165) is 10.9 Å². The summed E-state index contributed by atoms with van der Waals surface area (Å²) in [6.07, 6.45) is 1.04. The first-order chi connectivity index (χ1) is 6.50. The van der Waals surface area contributed by atoms with Crippen molar-refractivity contribution in [2.45, 2.75) is 33.2 Å². The van der Waals surface area contributed by atoms with E-state index in [1.54, 1.807) is 0 Å². The average Bonchev–Trinajstić information content (AvgIpc) is 2.08. The highest BCUT2D eigenvalue weighted by Crippen LogP contribution is 2.24. The first kappa shape index (κ1) is 14.9. The molecule has 0 aliphatic rings. The number of aryl methyl sites for hydroxylation is 1. The third-order valence-electron chi connectivity index (χ3n) is 2.37. The molecular formula is C12H19BrClN. The Labute approximate surface area is 107 Å². The highest BCUT2D eigenvalue weighted by atomic mass is 79.9. The normalized spacial score (nSPS) is 12.4. The standard InChI is InChI=1S/C12H18BrN.ClH/c1-8(2)6-12(14)11-7-10(13)5-4-9(11)3;/h4-5,7-8,12H,6,14H2,1-3H3;1H/t12-;/m1./s1. The van der Waals surface area contributed by atoms with Crippen molar-refractivity contribution in [2.75, 3.05) is 0 Å². The Morgan fingerprint density at radius 3 is 2.47 bits per heavy atom. The molecule has 1 aromatic carbocycles. The van der Waals surface area contributed by atoms with Gasteiger partial charge in [-0.25, -0.2) is 0 Å². The second kappa shape index (κ2) is 6.51. The van der Waals surface area contributed by atoms with Gasteiger partial charge >= 0.3 is 0 Å². The van der Waals surface area contributed by atoms with Crippen LogP contribution < -0.4 is 5.73 Å². The van der Waals surface area contributed by atoms with Crippen molar-refractivity contribution in [3.8, 4) is 0 Å². The van der Waals surface area contributed by atoms with E-state index in [4.69, 9.17) is 5.73 Å². The summed E-state index contributed by atoms with van der Waals surface area (Å²) in [7, 11) is 0. The van der Waals surface area contributed by atoms with Gasteiger partial charge in [-0.15, -0.1) is 12.4 Å². The van der Waals surface area contributed by atoms with Crippen LogP contribution in [0.4, 0.5) is 0 Å². The Hall–Kier alpha value is -0.0500. The van der Waals surface area contributed by atoms with E-state index in [2.05, 4.69) is 54.9 Å². The number of hydrogen-bond donors (Lipinski definition) is 1. The van der Waals surface area contributed by atoms with E-state index in [-0.39, 0.29) is 18.4 Å². The molecule has 1 atom stereocenters. The largest absolute Gasteiger partial charge is 0.324 e. The summed E-state index contributed by atoms with van der Waals surface area (Å²) in [6.45, 7) is 6.52. The average molecular weight is 293 g/mol. The van der Waals surface area contributed by atoms with Crippen LogP contribution in [0, 0.1) is 12.8 Å². The second-order valence-corrected chi connectivity index (χ2v) is 5.15. The zero-order valence-electron chi connectivity index (χ0n) is 9.46. The lowest BCUT2D eigenvalue weighted by molar-refractivity contribution is 0.508. The quantitative estimate of drug-likeness (QED) is 0.886. The van der Waals surface area contributed by atoms with E-state index in [1.807, 2.05) is 0 Å². The van der Waals surface area contributed by atoms with Gasteiger partial charge in [0.05, 0.1) is 0 Å². The molecule has 0 aromatic heterocycles. The van der Waals surface area contributed by atoms with Gasteiger partial charge in [0, 0.05) is 10.5 Å². The van der Waals surface area contributed by atoms with Crippen molar-refractivity contribution >= 4 is 28.3 Å². The van der Waals surface area contributed by atoms with E-state index in [1.165, 1.54) is 11.1 Å². The summed E-state index contributed by atoms with van der Waals surface area (Å²) in [5.74, 6) is 0.642. The fraction of sp³-hybridized carbons (Fsp3) is 0.500. The maximum absolute atomic E-state index is 6.14. The molecule has 0 bridgehead atoms. The van der Waals surface area contributed by atoms with Gasteiger partial charge < -0.3 is 5.73 Å². The van der Waals surface area contributed by atoms with Crippen LogP contribution in [0.15, 0.2) is 22.7 Å². The zero-order valence-corrected chi connectivity index (χ0v) is 11.9. The van der Waals surface area contributed by atoms with Crippen LogP contribution in [0.3, 0.4) is 0 Å². The van der Waals surface area contributed by atoms with Crippen molar-refractivity contribution in [2.24, 2.45) is 11.7 Å². The highest BCUT2D eigenvalue weighted by Gasteiger charge is 2.10. The molecule has 0 aliphatic heterocycles. The lowest BCUT2D eigenvalue weighted by atomic mass is 9.95. The summed E-state index contributed by atoms with van der Waals surface area (Å²) in [4.78, 5) is 0. The van der Waals surface area contributed by atoms with Crippen molar-refractivity contribution in [3.63, 3.8) is 0 Å². The molecule has 0 aliphatic carbocycles. The first-order valence-corrected chi connectivity index (χ1v) is 5.81. The molecule has 0 radical (unpaired) electrons. The number of nitrogens with two attached hydrogens (primary N) is 1. The number of rotatable bonds is 3. The Balaban J connectivity index is 0.00000196. The molecule has 2 N–H and O–H groups in total. The molecule has 1 rings (SSSR count). The Kier molecular flexibility index (Phi) is 6.49. The first-order valence-electron chi connectivity index (χ1n) is 5.02. The topological polar surface area (TPSA) is 26.0 Å². The van der Waals surface area contributed by atoms with Crippen molar-refractivity contribution < 1.29 is 0 Å². The molecule has 1 aromatic rings. The van der Waals surface area contributed by atoms with Crippen molar-refractivity contribution in [3.05, 3.63) is 33.8 Å². The van der Waals surface area contributed by atoms with Crippen LogP contribution >= 0.6 is 28.3 Å². The number of halogens is 2. The van der Waals surface area contributed by atoms with E-state index < -0.39 is 0 Å². The minimum atomic E-state index is 0. The minimum Gasteiger partial charge on any atom is -0.324 e. The Morgan fingerprint density at radius 1 is 1.33 bits per heavy atom. The fourth-order valence-electron chi connectivity index (χ4n) is 1.65. The molecule has 3 heteroatoms. The molecule has 0 unspecified atom stereocenters. The molecular weight excluding hydrogens is 273 g/mol. The summed E-state index contributed by atoms with van der Waals surface area (Å²) < 4.78 is 1.11. The van der Waals surface area contributed by atoms with Gasteiger partial charge in [-0.1, -0.05) is 35.8 Å². The summed E-state index contributed by atoms with van der Waals surface area (Å²) >= 11 is 3.48. The lowest BCUT2D eigenvalue weighted by Gasteiger charge is -2.17. The van der Waals surface area contributed by atoms with Gasteiger partial charge in [-0.2, -0.15) is 0 Å². The number of hydrogen-bond acceptors (Lipinski definition) is 1. The van der Waals surface area contributed by atoms with E-state index in [9.17, 15) is 0 Å². The molecule has 0 saturated carbocycles. The lowest BCUT2D eigenvalue weighted by Crippen LogP contribution is -2.14. The molecule has 15 heavy (non-hydrogen) atoms. The monoisotopic (exact) mass is 291 g/mol. The molecule has 0 fully saturated rings. The summed E-state index contributed by atoms with van der Waals surface area (Å²) in [5, 5.41) is 0. The SMILES string of the molecule is Cc1ccc(Br)cc1[C@H](N)CC(C)C.Cl. The maximum Gasteiger partial charge on any atom is 0.0300 e. The third-order valence-corrected chi connectivity index (χ3v) is 2.86. The molecule has 86 valence electrons. The fourth-order valence-corrected chi connectivity index (χ4v) is 2.02. The maximum atomic E-state index is 6.14. The van der Waals surface area contributed by atoms with Crippen molar-refractivity contribution in [1.82, 2.24) is 0 Å². The Bertz CT molecular complexity index is 312. The van der Waals surface area contributed by atoms with Crippen LogP contribution in [0.5, 0.6) is 0 Å². The third kappa shape index (κ3) is 4.54. The predicted molar refractivity (Wildman–Crippen MR) is 72.5 cm³/mol. The van der Waals surface area contributed by atoms with Gasteiger partial charge in [0.1, 0.15) is 0 Å². The van der Waals surface area contributed by atoms with Crippen LogP contribution in [0.1, 0.15) is 37.4 Å².